The summed E-state index contributed by atoms with van der Waals surface area (Å²) in [5, 5.41) is 11.7. The molecule has 0 spiro atoms. The van der Waals surface area contributed by atoms with E-state index < -0.39 is 10.9 Å². The maximum Gasteiger partial charge on any atom is 0.338 e. The Balaban J connectivity index is 2.05. The predicted octanol–water partition coefficient (Wildman–Crippen LogP) is 2.89. The van der Waals surface area contributed by atoms with Gasteiger partial charge in [0.25, 0.3) is 5.69 Å². The fourth-order valence-corrected chi connectivity index (χ4v) is 3.93. The number of hydrogen-bond acceptors (Lipinski definition) is 7. The Kier molecular flexibility index (Phi) is 4.57. The first-order chi connectivity index (χ1) is 11.5. The fourth-order valence-electron chi connectivity index (χ4n) is 2.90. The van der Waals surface area contributed by atoms with Crippen LogP contribution in [0.1, 0.15) is 25.5 Å². The van der Waals surface area contributed by atoms with Crippen molar-refractivity contribution in [3.05, 3.63) is 51.2 Å². The molecule has 1 fully saturated rings. The van der Waals surface area contributed by atoms with Gasteiger partial charge in [0.05, 0.1) is 28.8 Å². The van der Waals surface area contributed by atoms with E-state index in [1.165, 1.54) is 12.1 Å². The summed E-state index contributed by atoms with van der Waals surface area (Å²) in [4.78, 5) is 29.5. The lowest BCUT2D eigenvalue weighted by atomic mass is 9.94. The van der Waals surface area contributed by atoms with Gasteiger partial charge in [-0.15, -0.1) is 0 Å². The zero-order valence-corrected chi connectivity index (χ0v) is 14.2. The van der Waals surface area contributed by atoms with Crippen molar-refractivity contribution >= 4 is 28.6 Å². The van der Waals surface area contributed by atoms with Gasteiger partial charge in [-0.3, -0.25) is 10.1 Å². The third-order valence-corrected chi connectivity index (χ3v) is 4.93. The molecule has 2 aliphatic heterocycles. The van der Waals surface area contributed by atoms with E-state index in [1.54, 1.807) is 37.7 Å². The fraction of sp³-hybridized carbons (Fsp3) is 0.375. The van der Waals surface area contributed by atoms with Crippen LogP contribution in [0.3, 0.4) is 0 Å². The molecule has 0 unspecified atom stereocenters. The summed E-state index contributed by atoms with van der Waals surface area (Å²) in [6.45, 7) is 4.61. The van der Waals surface area contributed by atoms with Crippen molar-refractivity contribution in [1.82, 2.24) is 4.90 Å². The normalized spacial score (nSPS) is 19.8. The summed E-state index contributed by atoms with van der Waals surface area (Å²) in [6, 6.07) is 5.99. The number of amidine groups is 1. The molecule has 126 valence electrons. The summed E-state index contributed by atoms with van der Waals surface area (Å²) < 4.78 is 5.21. The molecule has 3 rings (SSSR count). The molecule has 1 aromatic carbocycles. The monoisotopic (exact) mass is 347 g/mol. The highest BCUT2D eigenvalue weighted by Gasteiger charge is 2.38. The number of aliphatic imine (C=N–C) groups is 1. The number of rotatable bonds is 4. The largest absolute Gasteiger partial charge is 0.463 e. The molecule has 0 N–H and O–H groups in total. The summed E-state index contributed by atoms with van der Waals surface area (Å²) in [7, 11) is 0. The van der Waals surface area contributed by atoms with Crippen molar-refractivity contribution in [2.24, 2.45) is 4.99 Å². The van der Waals surface area contributed by atoms with Crippen LogP contribution < -0.4 is 0 Å². The number of ether oxygens (including phenoxy) is 1. The zero-order chi connectivity index (χ0) is 17.3. The molecule has 1 aromatic rings. The number of nitrogens with zero attached hydrogens (tertiary/aromatic N) is 3. The highest BCUT2D eigenvalue weighted by Crippen LogP contribution is 2.40. The SMILES string of the molecule is CCOC(=O)C1=C(C)N=C2SCCN2[C@@H]1c1ccc([N+](=O)[O-])cc1. The molecule has 8 heteroatoms. The summed E-state index contributed by atoms with van der Waals surface area (Å²) in [6.07, 6.45) is 0. The first-order valence-corrected chi connectivity index (χ1v) is 8.62. The predicted molar refractivity (Wildman–Crippen MR) is 91.8 cm³/mol. The number of allylic oxidation sites excluding steroid dienone is 1. The van der Waals surface area contributed by atoms with Crippen LogP contribution in [-0.2, 0) is 9.53 Å². The second-order valence-corrected chi connectivity index (χ2v) is 6.47. The third-order valence-electron chi connectivity index (χ3n) is 3.96. The number of hydrogen-bond donors (Lipinski definition) is 0. The van der Waals surface area contributed by atoms with Crippen LogP contribution in [0.4, 0.5) is 5.69 Å². The number of carbonyl (C=O) groups is 1. The number of thioether (sulfide) groups is 1. The number of nitro benzene ring substituents is 1. The second-order valence-electron chi connectivity index (χ2n) is 5.41. The molecular weight excluding hydrogens is 330 g/mol. The van der Waals surface area contributed by atoms with Crippen LogP contribution >= 0.6 is 11.8 Å². The summed E-state index contributed by atoms with van der Waals surface area (Å²) in [5.74, 6) is 0.504. The number of non-ortho nitro benzene ring substituents is 1. The van der Waals surface area contributed by atoms with E-state index in [0.717, 1.165) is 23.0 Å². The number of benzene rings is 1. The molecule has 0 saturated carbocycles. The van der Waals surface area contributed by atoms with E-state index in [2.05, 4.69) is 9.89 Å². The smallest absolute Gasteiger partial charge is 0.338 e. The Bertz CT molecular complexity index is 742. The molecule has 2 aliphatic rings. The molecule has 0 amide bonds. The molecule has 0 aliphatic carbocycles. The topological polar surface area (TPSA) is 85.0 Å². The highest BCUT2D eigenvalue weighted by molar-refractivity contribution is 8.14. The van der Waals surface area contributed by atoms with Crippen molar-refractivity contribution in [3.8, 4) is 0 Å². The van der Waals surface area contributed by atoms with Crippen molar-refractivity contribution in [1.29, 1.82) is 0 Å². The Labute approximate surface area is 143 Å². The van der Waals surface area contributed by atoms with Gasteiger partial charge < -0.3 is 9.64 Å². The van der Waals surface area contributed by atoms with Gasteiger partial charge >= 0.3 is 5.97 Å². The minimum Gasteiger partial charge on any atom is -0.463 e. The lowest BCUT2D eigenvalue weighted by Crippen LogP contribution is -2.36. The molecular formula is C16H17N3O4S. The molecule has 0 bridgehead atoms. The van der Waals surface area contributed by atoms with Gasteiger partial charge in [-0.2, -0.15) is 0 Å². The first-order valence-electron chi connectivity index (χ1n) is 7.63. The molecule has 24 heavy (non-hydrogen) atoms. The van der Waals surface area contributed by atoms with Gasteiger partial charge in [0.1, 0.15) is 0 Å². The maximum atomic E-state index is 12.5. The van der Waals surface area contributed by atoms with Crippen molar-refractivity contribution in [3.63, 3.8) is 0 Å². The van der Waals surface area contributed by atoms with E-state index >= 15 is 0 Å². The maximum absolute atomic E-state index is 12.5. The lowest BCUT2D eigenvalue weighted by molar-refractivity contribution is -0.384. The first kappa shape index (κ1) is 16.5. The van der Waals surface area contributed by atoms with Crippen LogP contribution in [0.25, 0.3) is 0 Å². The van der Waals surface area contributed by atoms with Crippen LogP contribution in [-0.4, -0.2) is 39.9 Å². The second kappa shape index (κ2) is 6.64. The van der Waals surface area contributed by atoms with Crippen LogP contribution in [0.2, 0.25) is 0 Å². The Morgan fingerprint density at radius 3 is 2.79 bits per heavy atom. The minimum atomic E-state index is -0.434. The van der Waals surface area contributed by atoms with E-state index in [-0.39, 0.29) is 18.3 Å². The van der Waals surface area contributed by atoms with E-state index in [0.29, 0.717) is 11.3 Å². The zero-order valence-electron chi connectivity index (χ0n) is 13.4. The molecule has 0 radical (unpaired) electrons. The van der Waals surface area contributed by atoms with Gasteiger partial charge in [-0.05, 0) is 31.5 Å². The number of esters is 1. The standard InChI is InChI=1S/C16H17N3O4S/c1-3-23-15(20)13-10(2)17-16-18(8-9-24-16)14(13)11-4-6-12(7-5-11)19(21)22/h4-7,14H,3,8-9H2,1-2H3/t14-/m1/s1. The van der Waals surface area contributed by atoms with Gasteiger partial charge in [0.2, 0.25) is 0 Å². The quantitative estimate of drug-likeness (QED) is 0.473. The molecule has 1 saturated heterocycles. The van der Waals surface area contributed by atoms with Crippen molar-refractivity contribution in [2.75, 3.05) is 18.9 Å². The molecule has 1 atom stereocenters. The molecule has 2 heterocycles. The van der Waals surface area contributed by atoms with Gasteiger partial charge in [0.15, 0.2) is 5.17 Å². The summed E-state index contributed by atoms with van der Waals surface area (Å²) in [5.41, 5.74) is 1.98. The molecule has 7 nitrogen and oxygen atoms in total. The van der Waals surface area contributed by atoms with Crippen molar-refractivity contribution < 1.29 is 14.5 Å². The summed E-state index contributed by atoms with van der Waals surface area (Å²) >= 11 is 1.65. The third kappa shape index (κ3) is 2.89. The van der Waals surface area contributed by atoms with Gasteiger partial charge in [-0.25, -0.2) is 9.79 Å². The number of fused-ring (bicyclic) bond motifs is 1. The van der Waals surface area contributed by atoms with E-state index in [1.807, 2.05) is 0 Å². The van der Waals surface area contributed by atoms with Crippen molar-refractivity contribution in [2.45, 2.75) is 19.9 Å². The Morgan fingerprint density at radius 2 is 2.17 bits per heavy atom. The Hall–Kier alpha value is -2.35. The number of carbonyl (C=O) groups excluding carboxylic acids is 1. The average Bonchev–Trinajstić information content (AvgIpc) is 3.01. The average molecular weight is 347 g/mol. The minimum absolute atomic E-state index is 0.0256. The van der Waals surface area contributed by atoms with Gasteiger partial charge in [0, 0.05) is 24.4 Å². The van der Waals surface area contributed by atoms with Crippen LogP contribution in [0, 0.1) is 10.1 Å². The van der Waals surface area contributed by atoms with Gasteiger partial charge in [-0.1, -0.05) is 11.8 Å². The van der Waals surface area contributed by atoms with E-state index in [4.69, 9.17) is 4.74 Å². The highest BCUT2D eigenvalue weighted by atomic mass is 32.2. The van der Waals surface area contributed by atoms with Crippen LogP contribution in [0.5, 0.6) is 0 Å². The molecule has 0 aromatic heterocycles. The van der Waals surface area contributed by atoms with E-state index in [9.17, 15) is 14.9 Å². The number of nitro groups is 1. The Morgan fingerprint density at radius 1 is 1.46 bits per heavy atom. The lowest BCUT2D eigenvalue weighted by Gasteiger charge is -2.34. The van der Waals surface area contributed by atoms with Crippen LogP contribution in [0.15, 0.2) is 40.5 Å².